The van der Waals surface area contributed by atoms with Crippen molar-refractivity contribution >= 4 is 22.5 Å². The van der Waals surface area contributed by atoms with Crippen LogP contribution in [0.4, 0.5) is 0 Å². The van der Waals surface area contributed by atoms with E-state index in [1.54, 1.807) is 30.1 Å². The fraction of sp³-hybridized carbons (Fsp3) is 0.281. The highest BCUT2D eigenvalue weighted by Crippen LogP contribution is 2.32. The van der Waals surface area contributed by atoms with Crippen LogP contribution < -0.4 is 10.3 Å². The van der Waals surface area contributed by atoms with Gasteiger partial charge < -0.3 is 18.9 Å². The molecule has 1 amide bonds. The van der Waals surface area contributed by atoms with Crippen LogP contribution in [-0.2, 0) is 18.4 Å². The summed E-state index contributed by atoms with van der Waals surface area (Å²) in [7, 11) is 3.54. The minimum absolute atomic E-state index is 0.122. The second-order valence-corrected chi connectivity index (χ2v) is 10.4. The Kier molecular flexibility index (Phi) is 7.09. The van der Waals surface area contributed by atoms with Crippen molar-refractivity contribution in [3.8, 4) is 16.9 Å². The second-order valence-electron chi connectivity index (χ2n) is 10.4. The van der Waals surface area contributed by atoms with Gasteiger partial charge in [-0.15, -0.1) is 0 Å². The molecule has 0 unspecified atom stereocenters. The van der Waals surface area contributed by atoms with Crippen LogP contribution in [0.15, 0.2) is 84.0 Å². The molecular weight excluding hydrogens is 504 g/mol. The average Bonchev–Trinajstić information content (AvgIpc) is 3.74. The van der Waals surface area contributed by atoms with Gasteiger partial charge in [-0.2, -0.15) is 0 Å². The molecule has 204 valence electrons. The van der Waals surface area contributed by atoms with Crippen LogP contribution in [0.25, 0.3) is 27.7 Å². The van der Waals surface area contributed by atoms with Gasteiger partial charge in [0.05, 0.1) is 29.5 Å². The molecule has 0 radical (unpaired) electrons. The number of hydrogen-bond acceptors (Lipinski definition) is 5. The highest BCUT2D eigenvalue weighted by atomic mass is 16.5. The first-order valence-corrected chi connectivity index (χ1v) is 13.6. The van der Waals surface area contributed by atoms with Gasteiger partial charge in [-0.1, -0.05) is 42.5 Å². The molecule has 0 bridgehead atoms. The first-order chi connectivity index (χ1) is 19.5. The molecule has 0 saturated heterocycles. The third-order valence-corrected chi connectivity index (χ3v) is 7.49. The summed E-state index contributed by atoms with van der Waals surface area (Å²) in [5, 5.41) is 0. The number of fused-ring (bicyclic) bond motifs is 3. The zero-order valence-corrected chi connectivity index (χ0v) is 22.7. The Bertz CT molecular complexity index is 1720. The lowest BCUT2D eigenvalue weighted by Gasteiger charge is -2.23. The molecule has 0 atom stereocenters. The SMILES string of the molecule is COCCN(CC1CC1)C(=O)c1cc(-c2ccc(OCc3ccccc3)cc2)c(=O)n2ccc3c(ncn3C)c12. The van der Waals surface area contributed by atoms with Crippen molar-refractivity contribution in [1.82, 2.24) is 18.9 Å². The maximum absolute atomic E-state index is 14.1. The summed E-state index contributed by atoms with van der Waals surface area (Å²) in [6, 6.07) is 21.0. The molecule has 1 saturated carbocycles. The van der Waals surface area contributed by atoms with E-state index in [1.165, 1.54) is 0 Å². The van der Waals surface area contributed by atoms with Crippen molar-refractivity contribution in [3.63, 3.8) is 0 Å². The molecule has 0 N–H and O–H groups in total. The number of aromatic nitrogens is 3. The predicted octanol–water partition coefficient (Wildman–Crippen LogP) is 4.93. The molecule has 1 aliphatic rings. The van der Waals surface area contributed by atoms with Crippen molar-refractivity contribution in [3.05, 3.63) is 101 Å². The molecule has 8 nitrogen and oxygen atoms in total. The molecule has 5 aromatic rings. The highest BCUT2D eigenvalue weighted by molar-refractivity contribution is 6.08. The summed E-state index contributed by atoms with van der Waals surface area (Å²) in [4.78, 5) is 34.4. The summed E-state index contributed by atoms with van der Waals surface area (Å²) in [5.74, 6) is 1.09. The van der Waals surface area contributed by atoms with E-state index in [0.717, 1.165) is 23.9 Å². The standard InChI is InChI=1S/C32H32N4O4/c1-34-21-33-29-28(34)14-15-36-30(29)27(31(37)35(16-17-39-2)19-22-8-9-22)18-26(32(36)38)24-10-12-25(13-11-24)40-20-23-6-4-3-5-7-23/h3-7,10-15,18,21-22H,8-9,16-17,19-20H2,1-2H3. The predicted molar refractivity (Wildman–Crippen MR) is 155 cm³/mol. The molecule has 2 aromatic carbocycles. The second kappa shape index (κ2) is 11.0. The Morgan fingerprint density at radius 1 is 1.07 bits per heavy atom. The van der Waals surface area contributed by atoms with Gasteiger partial charge in [0.2, 0.25) is 0 Å². The Morgan fingerprint density at radius 2 is 1.85 bits per heavy atom. The van der Waals surface area contributed by atoms with E-state index < -0.39 is 0 Å². The van der Waals surface area contributed by atoms with E-state index in [0.29, 0.717) is 65.7 Å². The number of ether oxygens (including phenoxy) is 2. The molecule has 3 heterocycles. The summed E-state index contributed by atoms with van der Waals surface area (Å²) >= 11 is 0. The monoisotopic (exact) mass is 536 g/mol. The molecule has 0 aliphatic heterocycles. The van der Waals surface area contributed by atoms with Crippen LogP contribution in [0, 0.1) is 5.92 Å². The Labute approximate surface area is 232 Å². The van der Waals surface area contributed by atoms with Gasteiger partial charge in [0, 0.05) is 39.0 Å². The van der Waals surface area contributed by atoms with E-state index in [-0.39, 0.29) is 11.5 Å². The van der Waals surface area contributed by atoms with E-state index in [9.17, 15) is 9.59 Å². The van der Waals surface area contributed by atoms with Gasteiger partial charge >= 0.3 is 0 Å². The Hall–Kier alpha value is -4.43. The quantitative estimate of drug-likeness (QED) is 0.253. The zero-order valence-electron chi connectivity index (χ0n) is 22.7. The summed E-state index contributed by atoms with van der Waals surface area (Å²) in [6.45, 7) is 2.06. The summed E-state index contributed by atoms with van der Waals surface area (Å²) in [5.41, 5.74) is 4.50. The average molecular weight is 537 g/mol. The van der Waals surface area contributed by atoms with Crippen molar-refractivity contribution in [2.45, 2.75) is 19.4 Å². The molecule has 6 rings (SSSR count). The number of aryl methyl sites for hydroxylation is 1. The smallest absolute Gasteiger partial charge is 0.263 e. The molecule has 8 heteroatoms. The largest absolute Gasteiger partial charge is 0.489 e. The molecule has 0 spiro atoms. The number of methoxy groups -OCH3 is 1. The number of carbonyl (C=O) groups is 1. The normalized spacial score (nSPS) is 13.2. The van der Waals surface area contributed by atoms with Gasteiger partial charge in [0.1, 0.15) is 17.9 Å². The Balaban J connectivity index is 1.42. The van der Waals surface area contributed by atoms with Gasteiger partial charge in [0.25, 0.3) is 11.5 Å². The van der Waals surface area contributed by atoms with Crippen molar-refractivity contribution < 1.29 is 14.3 Å². The van der Waals surface area contributed by atoms with Crippen LogP contribution in [0.5, 0.6) is 5.75 Å². The van der Waals surface area contributed by atoms with Gasteiger partial charge in [0.15, 0.2) is 0 Å². The van der Waals surface area contributed by atoms with Crippen LogP contribution in [0.3, 0.4) is 0 Å². The lowest BCUT2D eigenvalue weighted by Crippen LogP contribution is -2.36. The number of nitrogens with zero attached hydrogens (tertiary/aromatic N) is 4. The van der Waals surface area contributed by atoms with Crippen LogP contribution in [0.2, 0.25) is 0 Å². The first kappa shape index (κ1) is 25.8. The van der Waals surface area contributed by atoms with Crippen LogP contribution in [0.1, 0.15) is 28.8 Å². The number of amides is 1. The van der Waals surface area contributed by atoms with Crippen molar-refractivity contribution in [1.29, 1.82) is 0 Å². The van der Waals surface area contributed by atoms with Crippen LogP contribution in [-0.4, -0.2) is 51.6 Å². The molecular formula is C32H32N4O4. The van der Waals surface area contributed by atoms with Crippen LogP contribution >= 0.6 is 0 Å². The lowest BCUT2D eigenvalue weighted by atomic mass is 10.0. The van der Waals surface area contributed by atoms with Crippen molar-refractivity contribution in [2.24, 2.45) is 13.0 Å². The highest BCUT2D eigenvalue weighted by Gasteiger charge is 2.29. The third kappa shape index (κ3) is 5.10. The fourth-order valence-electron chi connectivity index (χ4n) is 5.08. The molecule has 1 fully saturated rings. The molecule has 40 heavy (non-hydrogen) atoms. The zero-order chi connectivity index (χ0) is 27.6. The van der Waals surface area contributed by atoms with Crippen molar-refractivity contribution in [2.75, 3.05) is 26.8 Å². The summed E-state index contributed by atoms with van der Waals surface area (Å²) < 4.78 is 14.7. The Morgan fingerprint density at radius 3 is 2.58 bits per heavy atom. The maximum Gasteiger partial charge on any atom is 0.263 e. The van der Waals surface area contributed by atoms with Gasteiger partial charge in [-0.05, 0) is 54.2 Å². The third-order valence-electron chi connectivity index (χ3n) is 7.49. The number of hydrogen-bond donors (Lipinski definition) is 0. The lowest BCUT2D eigenvalue weighted by molar-refractivity contribution is 0.0687. The van der Waals surface area contributed by atoms with Gasteiger partial charge in [-0.3, -0.25) is 14.0 Å². The van der Waals surface area contributed by atoms with E-state index >= 15 is 0 Å². The number of rotatable bonds is 10. The fourth-order valence-corrected chi connectivity index (χ4v) is 5.08. The van der Waals surface area contributed by atoms with Gasteiger partial charge in [-0.25, -0.2) is 4.98 Å². The topological polar surface area (TPSA) is 78.1 Å². The number of carbonyl (C=O) groups excluding carboxylic acids is 1. The maximum atomic E-state index is 14.1. The number of benzene rings is 2. The van der Waals surface area contributed by atoms with E-state index in [2.05, 4.69) is 4.98 Å². The molecule has 1 aliphatic carbocycles. The minimum Gasteiger partial charge on any atom is -0.489 e. The summed E-state index contributed by atoms with van der Waals surface area (Å²) in [6.07, 6.45) is 5.69. The number of imidazole rings is 1. The number of pyridine rings is 2. The molecule has 3 aromatic heterocycles. The minimum atomic E-state index is -0.206. The first-order valence-electron chi connectivity index (χ1n) is 13.6. The van der Waals surface area contributed by atoms with E-state index in [1.807, 2.05) is 77.2 Å². The van der Waals surface area contributed by atoms with E-state index in [4.69, 9.17) is 9.47 Å².